The second-order valence-corrected chi connectivity index (χ2v) is 4.24. The zero-order chi connectivity index (χ0) is 11.4. The van der Waals surface area contributed by atoms with Crippen LogP contribution in [0.3, 0.4) is 0 Å². The molecule has 0 aliphatic rings. The first-order valence-electron chi connectivity index (χ1n) is 5.15. The highest BCUT2D eigenvalue weighted by Gasteiger charge is 2.10. The molecule has 1 aromatic heterocycles. The summed E-state index contributed by atoms with van der Waals surface area (Å²) < 4.78 is 0. The third kappa shape index (κ3) is 3.36. The van der Waals surface area contributed by atoms with E-state index in [2.05, 4.69) is 30.8 Å². The van der Waals surface area contributed by atoms with E-state index in [1.807, 2.05) is 0 Å². The molecule has 15 heavy (non-hydrogen) atoms. The summed E-state index contributed by atoms with van der Waals surface area (Å²) in [7, 11) is 2.06. The number of hydrogen-bond acceptors (Lipinski definition) is 3. The average Bonchev–Trinajstić information content (AvgIpc) is 2.22. The van der Waals surface area contributed by atoms with E-state index in [9.17, 15) is 0 Å². The molecule has 0 spiro atoms. The Bertz CT molecular complexity index is 328. The van der Waals surface area contributed by atoms with Crippen LogP contribution >= 0.6 is 11.6 Å². The molecule has 0 aliphatic heterocycles. The van der Waals surface area contributed by atoms with E-state index in [0.29, 0.717) is 16.9 Å². The topological polar surface area (TPSA) is 42.2 Å². The van der Waals surface area contributed by atoms with Crippen LogP contribution in [0.5, 0.6) is 0 Å². The quantitative estimate of drug-likeness (QED) is 0.860. The van der Waals surface area contributed by atoms with E-state index >= 15 is 0 Å². The first-order chi connectivity index (χ1) is 7.04. The number of nitrogens with two attached hydrogens (primary N) is 1. The molecule has 0 amide bonds. The summed E-state index contributed by atoms with van der Waals surface area (Å²) >= 11 is 6.04. The van der Waals surface area contributed by atoms with Crippen molar-refractivity contribution in [2.45, 2.75) is 32.9 Å². The summed E-state index contributed by atoms with van der Waals surface area (Å²) in [5, 5.41) is 0.680. The molecule has 1 aromatic rings. The van der Waals surface area contributed by atoms with E-state index in [-0.39, 0.29) is 0 Å². The lowest BCUT2D eigenvalue weighted by atomic mass is 10.2. The number of anilines is 1. The van der Waals surface area contributed by atoms with Crippen molar-refractivity contribution in [3.63, 3.8) is 0 Å². The lowest BCUT2D eigenvalue weighted by molar-refractivity contribution is 0.241. The smallest absolute Gasteiger partial charge is 0.123 e. The molecule has 0 radical (unpaired) electrons. The van der Waals surface area contributed by atoms with Gasteiger partial charge in [0, 0.05) is 12.6 Å². The lowest BCUT2D eigenvalue weighted by Crippen LogP contribution is -2.28. The summed E-state index contributed by atoms with van der Waals surface area (Å²) in [6, 6.07) is 4.03. The number of pyridine rings is 1. The van der Waals surface area contributed by atoms with Gasteiger partial charge in [0.2, 0.25) is 0 Å². The molecule has 0 saturated heterocycles. The van der Waals surface area contributed by atoms with Crippen molar-refractivity contribution in [1.82, 2.24) is 9.88 Å². The maximum absolute atomic E-state index is 6.04. The molecule has 0 fully saturated rings. The zero-order valence-corrected chi connectivity index (χ0v) is 10.3. The van der Waals surface area contributed by atoms with Crippen molar-refractivity contribution >= 4 is 17.4 Å². The average molecular weight is 228 g/mol. The fourth-order valence-corrected chi connectivity index (χ4v) is 1.48. The largest absolute Gasteiger partial charge is 0.384 e. The molecule has 3 nitrogen and oxygen atoms in total. The molecular formula is C11H18ClN3. The highest BCUT2D eigenvalue weighted by Crippen LogP contribution is 2.17. The molecule has 0 aliphatic carbocycles. The minimum Gasteiger partial charge on any atom is -0.384 e. The van der Waals surface area contributed by atoms with Crippen LogP contribution in [0.2, 0.25) is 5.02 Å². The van der Waals surface area contributed by atoms with Gasteiger partial charge in [-0.2, -0.15) is 0 Å². The summed E-state index contributed by atoms with van der Waals surface area (Å²) in [5.74, 6) is 0.520. The Morgan fingerprint density at radius 2 is 2.20 bits per heavy atom. The fourth-order valence-electron chi connectivity index (χ4n) is 1.32. The van der Waals surface area contributed by atoms with Gasteiger partial charge in [-0.3, -0.25) is 4.90 Å². The Balaban J connectivity index is 2.75. The SMILES string of the molecule is CCC(C)N(C)Cc1nc(N)ccc1Cl. The van der Waals surface area contributed by atoms with Crippen LogP contribution in [-0.2, 0) is 6.54 Å². The van der Waals surface area contributed by atoms with Gasteiger partial charge in [-0.1, -0.05) is 18.5 Å². The molecule has 1 heterocycles. The van der Waals surface area contributed by atoms with Gasteiger partial charge in [-0.15, -0.1) is 0 Å². The van der Waals surface area contributed by atoms with Crippen molar-refractivity contribution in [3.05, 3.63) is 22.8 Å². The molecule has 2 N–H and O–H groups in total. The highest BCUT2D eigenvalue weighted by molar-refractivity contribution is 6.31. The van der Waals surface area contributed by atoms with Crippen LogP contribution in [0, 0.1) is 0 Å². The minimum atomic E-state index is 0.518. The second kappa shape index (κ2) is 5.33. The monoisotopic (exact) mass is 227 g/mol. The maximum atomic E-state index is 6.04. The molecule has 0 saturated carbocycles. The predicted molar refractivity (Wildman–Crippen MR) is 64.9 cm³/mol. The number of hydrogen-bond donors (Lipinski definition) is 1. The zero-order valence-electron chi connectivity index (χ0n) is 9.50. The van der Waals surface area contributed by atoms with Gasteiger partial charge in [0.15, 0.2) is 0 Å². The van der Waals surface area contributed by atoms with E-state index in [1.165, 1.54) is 0 Å². The van der Waals surface area contributed by atoms with E-state index in [0.717, 1.165) is 18.7 Å². The van der Waals surface area contributed by atoms with Gasteiger partial charge in [-0.25, -0.2) is 4.98 Å². The molecule has 0 aromatic carbocycles. The van der Waals surface area contributed by atoms with E-state index < -0.39 is 0 Å². The van der Waals surface area contributed by atoms with Crippen molar-refractivity contribution in [1.29, 1.82) is 0 Å². The van der Waals surface area contributed by atoms with Crippen molar-refractivity contribution in [3.8, 4) is 0 Å². The third-order valence-electron chi connectivity index (χ3n) is 2.68. The molecule has 4 heteroatoms. The van der Waals surface area contributed by atoms with Crippen LogP contribution in [0.25, 0.3) is 0 Å². The Morgan fingerprint density at radius 1 is 1.53 bits per heavy atom. The van der Waals surface area contributed by atoms with Gasteiger partial charge < -0.3 is 5.73 Å². The summed E-state index contributed by atoms with van der Waals surface area (Å²) in [5.41, 5.74) is 6.47. The van der Waals surface area contributed by atoms with Gasteiger partial charge in [0.25, 0.3) is 0 Å². The van der Waals surface area contributed by atoms with E-state index in [4.69, 9.17) is 17.3 Å². The predicted octanol–water partition coefficient (Wildman–Crippen LogP) is 2.55. The maximum Gasteiger partial charge on any atom is 0.123 e. The summed E-state index contributed by atoms with van der Waals surface area (Å²) in [4.78, 5) is 6.45. The van der Waals surface area contributed by atoms with Crippen LogP contribution in [0.15, 0.2) is 12.1 Å². The number of rotatable bonds is 4. The fraction of sp³-hybridized carbons (Fsp3) is 0.545. The molecule has 1 atom stereocenters. The number of aromatic nitrogens is 1. The van der Waals surface area contributed by atoms with Crippen LogP contribution in [-0.4, -0.2) is 23.0 Å². The first-order valence-corrected chi connectivity index (χ1v) is 5.53. The summed E-state index contributed by atoms with van der Waals surface area (Å²) in [6.07, 6.45) is 1.11. The normalized spacial score (nSPS) is 13.1. The summed E-state index contributed by atoms with van der Waals surface area (Å²) in [6.45, 7) is 5.08. The number of nitrogens with zero attached hydrogens (tertiary/aromatic N) is 2. The molecule has 0 bridgehead atoms. The molecular weight excluding hydrogens is 210 g/mol. The van der Waals surface area contributed by atoms with E-state index in [1.54, 1.807) is 12.1 Å². The van der Waals surface area contributed by atoms with Gasteiger partial charge in [0.05, 0.1) is 10.7 Å². The number of nitrogen functional groups attached to an aromatic ring is 1. The van der Waals surface area contributed by atoms with Crippen LogP contribution < -0.4 is 5.73 Å². The van der Waals surface area contributed by atoms with Gasteiger partial charge in [0.1, 0.15) is 5.82 Å². The minimum absolute atomic E-state index is 0.518. The molecule has 1 unspecified atom stereocenters. The Kier molecular flexibility index (Phi) is 4.36. The molecule has 84 valence electrons. The Labute approximate surface area is 96.2 Å². The van der Waals surface area contributed by atoms with Crippen molar-refractivity contribution in [2.75, 3.05) is 12.8 Å². The first kappa shape index (κ1) is 12.3. The lowest BCUT2D eigenvalue weighted by Gasteiger charge is -2.23. The molecule has 1 rings (SSSR count). The van der Waals surface area contributed by atoms with Crippen LogP contribution in [0.1, 0.15) is 26.0 Å². The van der Waals surface area contributed by atoms with Gasteiger partial charge >= 0.3 is 0 Å². The Hall–Kier alpha value is -0.800. The third-order valence-corrected chi connectivity index (χ3v) is 3.03. The highest BCUT2D eigenvalue weighted by atomic mass is 35.5. The number of halogens is 1. The van der Waals surface area contributed by atoms with Crippen molar-refractivity contribution < 1.29 is 0 Å². The van der Waals surface area contributed by atoms with Crippen LogP contribution in [0.4, 0.5) is 5.82 Å². The standard InChI is InChI=1S/C11H18ClN3/c1-4-8(2)15(3)7-10-9(12)5-6-11(13)14-10/h5-6,8H,4,7H2,1-3H3,(H2,13,14). The second-order valence-electron chi connectivity index (χ2n) is 3.84. The van der Waals surface area contributed by atoms with Gasteiger partial charge in [-0.05, 0) is 32.5 Å². The Morgan fingerprint density at radius 3 is 2.80 bits per heavy atom. The van der Waals surface area contributed by atoms with Crippen molar-refractivity contribution in [2.24, 2.45) is 0 Å².